The second-order valence-electron chi connectivity index (χ2n) is 8.04. The van der Waals surface area contributed by atoms with Crippen LogP contribution in [0.25, 0.3) is 22.0 Å². The van der Waals surface area contributed by atoms with Crippen LogP contribution in [0.15, 0.2) is 77.9 Å². The molecular weight excluding hydrogens is 386 g/mol. The van der Waals surface area contributed by atoms with Crippen molar-refractivity contribution in [1.82, 2.24) is 9.55 Å². The predicted molar refractivity (Wildman–Crippen MR) is 125 cm³/mol. The van der Waals surface area contributed by atoms with Gasteiger partial charge in [-0.25, -0.2) is 4.98 Å². The molecule has 1 saturated heterocycles. The number of aryl methyl sites for hydroxylation is 1. The Hall–Kier alpha value is -3.60. The highest BCUT2D eigenvalue weighted by atomic mass is 16.5. The van der Waals surface area contributed by atoms with Gasteiger partial charge in [0.05, 0.1) is 5.52 Å². The number of anilines is 1. The van der Waals surface area contributed by atoms with Crippen LogP contribution in [0.3, 0.4) is 0 Å². The molecule has 1 aliphatic heterocycles. The molecule has 0 amide bonds. The van der Waals surface area contributed by atoms with Crippen molar-refractivity contribution < 1.29 is 4.74 Å². The molecule has 1 fully saturated rings. The number of pyridine rings is 2. The molecule has 0 bridgehead atoms. The average Bonchev–Trinajstić information content (AvgIpc) is 3.36. The van der Waals surface area contributed by atoms with E-state index in [1.54, 1.807) is 0 Å². The molecule has 0 unspecified atom stereocenters. The molecule has 2 aromatic heterocycles. The molecule has 0 spiro atoms. The van der Waals surface area contributed by atoms with Gasteiger partial charge >= 0.3 is 0 Å². The molecule has 1 aliphatic rings. The zero-order chi connectivity index (χ0) is 21.2. The van der Waals surface area contributed by atoms with E-state index >= 15 is 0 Å². The fraction of sp³-hybridized carbons (Fsp3) is 0.231. The smallest absolute Gasteiger partial charge is 0.197 e. The lowest BCUT2D eigenvalue weighted by Gasteiger charge is -2.16. The van der Waals surface area contributed by atoms with Crippen LogP contribution in [-0.4, -0.2) is 22.6 Å². The van der Waals surface area contributed by atoms with Gasteiger partial charge < -0.3 is 14.2 Å². The first kappa shape index (κ1) is 19.4. The van der Waals surface area contributed by atoms with Crippen LogP contribution in [0.5, 0.6) is 5.75 Å². The van der Waals surface area contributed by atoms with Gasteiger partial charge in [0.2, 0.25) is 0 Å². The zero-order valence-electron chi connectivity index (χ0n) is 17.6. The summed E-state index contributed by atoms with van der Waals surface area (Å²) in [5.41, 5.74) is 3.47. The van der Waals surface area contributed by atoms with Crippen molar-refractivity contribution in [1.29, 1.82) is 0 Å². The van der Waals surface area contributed by atoms with E-state index in [9.17, 15) is 4.79 Å². The lowest BCUT2D eigenvalue weighted by Crippen LogP contribution is -2.18. The fourth-order valence-corrected chi connectivity index (χ4v) is 4.18. The number of ether oxygens (including phenoxy) is 1. The predicted octanol–water partition coefficient (Wildman–Crippen LogP) is 4.78. The SMILES string of the molecule is Cn1cc(-c2ccc(N3CCCC3)nc2)c(=O)c2ccc(OCc3ccccc3)cc21. The Bertz CT molecular complexity index is 1260. The minimum absolute atomic E-state index is 0.0124. The maximum Gasteiger partial charge on any atom is 0.197 e. The summed E-state index contributed by atoms with van der Waals surface area (Å²) < 4.78 is 7.92. The minimum atomic E-state index is 0.0124. The van der Waals surface area contributed by atoms with Crippen LogP contribution >= 0.6 is 0 Å². The van der Waals surface area contributed by atoms with Crippen molar-refractivity contribution in [2.24, 2.45) is 7.05 Å². The molecular formula is C26H25N3O2. The summed E-state index contributed by atoms with van der Waals surface area (Å²) in [5, 5.41) is 0.677. The Morgan fingerprint density at radius 3 is 2.55 bits per heavy atom. The minimum Gasteiger partial charge on any atom is -0.489 e. The summed E-state index contributed by atoms with van der Waals surface area (Å²) >= 11 is 0. The van der Waals surface area contributed by atoms with Gasteiger partial charge in [-0.15, -0.1) is 0 Å². The van der Waals surface area contributed by atoms with Gasteiger partial charge in [-0.05, 0) is 42.7 Å². The van der Waals surface area contributed by atoms with Crippen LogP contribution in [-0.2, 0) is 13.7 Å². The number of benzene rings is 2. The van der Waals surface area contributed by atoms with Gasteiger partial charge in [-0.3, -0.25) is 4.79 Å². The van der Waals surface area contributed by atoms with E-state index < -0.39 is 0 Å². The molecule has 2 aromatic carbocycles. The molecule has 5 heteroatoms. The summed E-state index contributed by atoms with van der Waals surface area (Å²) in [6.07, 6.45) is 6.13. The van der Waals surface area contributed by atoms with E-state index in [0.29, 0.717) is 17.6 Å². The summed E-state index contributed by atoms with van der Waals surface area (Å²) in [5.74, 6) is 1.73. The first-order valence-electron chi connectivity index (χ1n) is 10.7. The maximum atomic E-state index is 13.2. The first-order chi connectivity index (χ1) is 15.2. The van der Waals surface area contributed by atoms with E-state index in [4.69, 9.17) is 4.74 Å². The van der Waals surface area contributed by atoms with Crippen molar-refractivity contribution >= 4 is 16.7 Å². The Balaban J connectivity index is 1.44. The van der Waals surface area contributed by atoms with E-state index in [2.05, 4.69) is 9.88 Å². The van der Waals surface area contributed by atoms with Gasteiger partial charge in [-0.1, -0.05) is 30.3 Å². The third kappa shape index (κ3) is 3.91. The van der Waals surface area contributed by atoms with Gasteiger partial charge in [0.15, 0.2) is 5.43 Å². The Morgan fingerprint density at radius 2 is 1.81 bits per heavy atom. The highest BCUT2D eigenvalue weighted by Gasteiger charge is 2.15. The molecule has 3 heterocycles. The van der Waals surface area contributed by atoms with E-state index in [1.165, 1.54) is 12.8 Å². The molecule has 0 radical (unpaired) electrons. The number of rotatable bonds is 5. The number of fused-ring (bicyclic) bond motifs is 1. The normalized spacial score (nSPS) is 13.6. The van der Waals surface area contributed by atoms with Gasteiger partial charge in [0, 0.05) is 55.1 Å². The highest BCUT2D eigenvalue weighted by Crippen LogP contribution is 2.25. The Labute approximate surface area is 181 Å². The van der Waals surface area contributed by atoms with Crippen molar-refractivity contribution in [2.75, 3.05) is 18.0 Å². The topological polar surface area (TPSA) is 47.4 Å². The molecule has 0 aliphatic carbocycles. The third-order valence-electron chi connectivity index (χ3n) is 5.90. The molecule has 5 rings (SSSR count). The van der Waals surface area contributed by atoms with Crippen LogP contribution < -0.4 is 15.1 Å². The second kappa shape index (κ2) is 8.26. The second-order valence-corrected chi connectivity index (χ2v) is 8.04. The van der Waals surface area contributed by atoms with Crippen molar-refractivity contribution in [3.8, 4) is 16.9 Å². The molecule has 0 N–H and O–H groups in total. The Morgan fingerprint density at radius 1 is 1.00 bits per heavy atom. The molecule has 156 valence electrons. The summed E-state index contributed by atoms with van der Waals surface area (Å²) in [7, 11) is 1.96. The summed E-state index contributed by atoms with van der Waals surface area (Å²) in [6.45, 7) is 2.60. The van der Waals surface area contributed by atoms with Crippen LogP contribution in [0, 0.1) is 0 Å². The lowest BCUT2D eigenvalue weighted by atomic mass is 10.1. The summed E-state index contributed by atoms with van der Waals surface area (Å²) in [4.78, 5) is 20.1. The van der Waals surface area contributed by atoms with Crippen LogP contribution in [0.1, 0.15) is 18.4 Å². The Kier molecular flexibility index (Phi) is 5.16. The number of hydrogen-bond acceptors (Lipinski definition) is 4. The third-order valence-corrected chi connectivity index (χ3v) is 5.90. The highest BCUT2D eigenvalue weighted by molar-refractivity contribution is 5.85. The van der Waals surface area contributed by atoms with Crippen molar-refractivity contribution in [2.45, 2.75) is 19.4 Å². The standard InChI is InChI=1S/C26H25N3O2/c1-28-17-23(20-9-12-25(27-16-20)29-13-5-6-14-29)26(30)22-11-10-21(15-24(22)28)31-18-19-7-3-2-4-8-19/h2-4,7-12,15-17H,5-6,13-14,18H2,1H3. The average molecular weight is 412 g/mol. The lowest BCUT2D eigenvalue weighted by molar-refractivity contribution is 0.306. The molecule has 4 aromatic rings. The molecule has 5 nitrogen and oxygen atoms in total. The number of hydrogen-bond donors (Lipinski definition) is 0. The number of aromatic nitrogens is 2. The monoisotopic (exact) mass is 411 g/mol. The fourth-order valence-electron chi connectivity index (χ4n) is 4.18. The van der Waals surface area contributed by atoms with Crippen molar-refractivity contribution in [3.63, 3.8) is 0 Å². The molecule has 0 saturated carbocycles. The molecule has 31 heavy (non-hydrogen) atoms. The quantitative estimate of drug-likeness (QED) is 0.474. The maximum absolute atomic E-state index is 13.2. The van der Waals surface area contributed by atoms with Gasteiger partial charge in [0.25, 0.3) is 0 Å². The van der Waals surface area contributed by atoms with Gasteiger partial charge in [0.1, 0.15) is 18.2 Å². The zero-order valence-corrected chi connectivity index (χ0v) is 17.6. The first-order valence-corrected chi connectivity index (χ1v) is 10.7. The van der Waals surface area contributed by atoms with E-state index in [0.717, 1.165) is 41.3 Å². The van der Waals surface area contributed by atoms with Gasteiger partial charge in [-0.2, -0.15) is 0 Å². The number of nitrogens with zero attached hydrogens (tertiary/aromatic N) is 3. The van der Waals surface area contributed by atoms with Crippen LogP contribution in [0.4, 0.5) is 5.82 Å². The molecule has 0 atom stereocenters. The summed E-state index contributed by atoms with van der Waals surface area (Å²) in [6, 6.07) is 19.7. The largest absolute Gasteiger partial charge is 0.489 e. The van der Waals surface area contributed by atoms with Crippen molar-refractivity contribution in [3.05, 3.63) is 88.8 Å². The van der Waals surface area contributed by atoms with E-state index in [1.807, 2.05) is 84.7 Å². The van der Waals surface area contributed by atoms with Crippen LogP contribution in [0.2, 0.25) is 0 Å². The van der Waals surface area contributed by atoms with E-state index in [-0.39, 0.29) is 5.43 Å².